The van der Waals surface area contributed by atoms with E-state index < -0.39 is 11.2 Å². The standard InChI is InChI=1S/C14H21ClN2O3.C8H16O3.C6H6Cl2N2/c1-5-11-16-10(15)9-12(17-11)19-8-6-7-13(18)20-14(2,3)4;1-8(2,3)11-7(10)5-4-6-9;1-2-6-9-4(7)3-5(8)10-6/h9H,5-8H2,1-4H3;9H,4-6H2,1-3H3;3H,2H2,1H3. The lowest BCUT2D eigenvalue weighted by molar-refractivity contribution is -0.156. The molecule has 10 nitrogen and oxygen atoms in total. The van der Waals surface area contributed by atoms with Crippen molar-refractivity contribution in [2.24, 2.45) is 0 Å². The van der Waals surface area contributed by atoms with Crippen LogP contribution in [0.4, 0.5) is 0 Å². The van der Waals surface area contributed by atoms with E-state index in [1.807, 2.05) is 55.4 Å². The molecular formula is C28H43Cl3N4O6. The van der Waals surface area contributed by atoms with Crippen LogP contribution in [0.2, 0.25) is 15.5 Å². The van der Waals surface area contributed by atoms with Gasteiger partial charge in [0.2, 0.25) is 5.88 Å². The molecule has 0 bridgehead atoms. The van der Waals surface area contributed by atoms with Crippen LogP contribution in [-0.4, -0.2) is 61.4 Å². The predicted molar refractivity (Wildman–Crippen MR) is 161 cm³/mol. The summed E-state index contributed by atoms with van der Waals surface area (Å²) in [4.78, 5) is 38.5. The Morgan fingerprint density at radius 2 is 1.15 bits per heavy atom. The smallest absolute Gasteiger partial charge is 0.306 e. The van der Waals surface area contributed by atoms with Crippen LogP contribution >= 0.6 is 34.8 Å². The van der Waals surface area contributed by atoms with Crippen molar-refractivity contribution in [1.82, 2.24) is 19.9 Å². The second-order valence-electron chi connectivity index (χ2n) is 10.5. The molecular weight excluding hydrogens is 595 g/mol. The SMILES string of the molecule is CC(C)(C)OC(=O)CCCO.CCc1nc(Cl)cc(Cl)n1.CCc1nc(Cl)cc(OCCCC(=O)OC(C)(C)C)n1. The molecule has 2 aromatic heterocycles. The molecule has 0 spiro atoms. The van der Waals surface area contributed by atoms with Gasteiger partial charge in [-0.3, -0.25) is 9.59 Å². The number of aryl methyl sites for hydroxylation is 2. The Bertz CT molecular complexity index is 1060. The molecule has 0 saturated heterocycles. The van der Waals surface area contributed by atoms with Gasteiger partial charge in [0.25, 0.3) is 0 Å². The lowest BCUT2D eigenvalue weighted by atomic mass is 10.2. The van der Waals surface area contributed by atoms with Gasteiger partial charge < -0.3 is 19.3 Å². The summed E-state index contributed by atoms with van der Waals surface area (Å²) in [6.45, 7) is 15.3. The number of nitrogens with zero attached hydrogens (tertiary/aromatic N) is 4. The largest absolute Gasteiger partial charge is 0.478 e. The van der Waals surface area contributed by atoms with Gasteiger partial charge in [-0.15, -0.1) is 0 Å². The Hall–Kier alpha value is -2.27. The molecule has 2 heterocycles. The van der Waals surface area contributed by atoms with Gasteiger partial charge >= 0.3 is 11.9 Å². The van der Waals surface area contributed by atoms with Crippen LogP contribution in [0, 0.1) is 0 Å². The van der Waals surface area contributed by atoms with Crippen molar-refractivity contribution in [2.45, 2.75) is 105 Å². The lowest BCUT2D eigenvalue weighted by Gasteiger charge is -2.19. The number of carbonyl (C=O) groups is 2. The number of aliphatic hydroxyl groups is 1. The average Bonchev–Trinajstić information content (AvgIpc) is 2.83. The first-order valence-electron chi connectivity index (χ1n) is 13.4. The fourth-order valence-electron chi connectivity index (χ4n) is 2.67. The Kier molecular flexibility index (Phi) is 18.7. The van der Waals surface area contributed by atoms with Crippen molar-refractivity contribution < 1.29 is 28.9 Å². The first kappa shape index (κ1) is 38.7. The van der Waals surface area contributed by atoms with Gasteiger partial charge in [-0.25, -0.2) is 15.0 Å². The maximum absolute atomic E-state index is 11.5. The third kappa shape index (κ3) is 22.1. The molecule has 0 atom stereocenters. The Labute approximate surface area is 258 Å². The number of ether oxygens (including phenoxy) is 3. The molecule has 1 N–H and O–H groups in total. The number of hydrogen-bond acceptors (Lipinski definition) is 10. The second kappa shape index (κ2) is 19.8. The van der Waals surface area contributed by atoms with Gasteiger partial charge in [0, 0.05) is 44.4 Å². The quantitative estimate of drug-likeness (QED) is 0.172. The van der Waals surface area contributed by atoms with Crippen LogP contribution in [0.3, 0.4) is 0 Å². The number of aromatic nitrogens is 4. The molecule has 0 saturated carbocycles. The zero-order valence-electron chi connectivity index (χ0n) is 25.2. The highest BCUT2D eigenvalue weighted by Crippen LogP contribution is 2.15. The summed E-state index contributed by atoms with van der Waals surface area (Å²) < 4.78 is 15.7. The molecule has 0 amide bonds. The van der Waals surface area contributed by atoms with E-state index in [-0.39, 0.29) is 18.5 Å². The van der Waals surface area contributed by atoms with Gasteiger partial charge in [0.05, 0.1) is 6.61 Å². The molecule has 2 rings (SSSR count). The minimum atomic E-state index is -0.450. The number of aliphatic hydroxyl groups excluding tert-OH is 1. The third-order valence-electron chi connectivity index (χ3n) is 4.21. The zero-order chi connectivity index (χ0) is 31.6. The number of esters is 2. The van der Waals surface area contributed by atoms with E-state index in [1.54, 1.807) is 6.07 Å². The summed E-state index contributed by atoms with van der Waals surface area (Å²) in [5.74, 6) is 1.28. The van der Waals surface area contributed by atoms with E-state index in [0.29, 0.717) is 71.7 Å². The summed E-state index contributed by atoms with van der Waals surface area (Å²) >= 11 is 17.0. The fraction of sp³-hybridized carbons (Fsp3) is 0.643. The highest BCUT2D eigenvalue weighted by Gasteiger charge is 2.16. The van der Waals surface area contributed by atoms with E-state index in [4.69, 9.17) is 54.1 Å². The van der Waals surface area contributed by atoms with E-state index in [0.717, 1.165) is 6.42 Å². The lowest BCUT2D eigenvalue weighted by Crippen LogP contribution is -2.24. The second-order valence-corrected chi connectivity index (χ2v) is 11.7. The average molecular weight is 638 g/mol. The summed E-state index contributed by atoms with van der Waals surface area (Å²) in [5.41, 5.74) is -0.860. The van der Waals surface area contributed by atoms with E-state index in [9.17, 15) is 9.59 Å². The maximum Gasteiger partial charge on any atom is 0.306 e. The highest BCUT2D eigenvalue weighted by molar-refractivity contribution is 6.33. The number of hydrogen-bond donors (Lipinski definition) is 1. The van der Waals surface area contributed by atoms with Crippen LogP contribution in [0.15, 0.2) is 12.1 Å². The van der Waals surface area contributed by atoms with Crippen molar-refractivity contribution in [2.75, 3.05) is 13.2 Å². The zero-order valence-corrected chi connectivity index (χ0v) is 27.5. The van der Waals surface area contributed by atoms with Crippen LogP contribution in [0.25, 0.3) is 0 Å². The number of rotatable bonds is 10. The maximum atomic E-state index is 11.5. The number of carbonyl (C=O) groups excluding carboxylic acids is 2. The van der Waals surface area contributed by atoms with Crippen LogP contribution in [-0.2, 0) is 31.9 Å². The first-order chi connectivity index (χ1) is 19.0. The topological polar surface area (TPSA) is 134 Å². The molecule has 2 aromatic rings. The van der Waals surface area contributed by atoms with Crippen LogP contribution in [0.5, 0.6) is 5.88 Å². The van der Waals surface area contributed by atoms with Crippen LogP contribution < -0.4 is 4.74 Å². The first-order valence-corrected chi connectivity index (χ1v) is 14.5. The Morgan fingerprint density at radius 3 is 1.56 bits per heavy atom. The molecule has 0 aliphatic rings. The van der Waals surface area contributed by atoms with E-state index in [1.165, 1.54) is 6.07 Å². The minimum Gasteiger partial charge on any atom is -0.478 e. The van der Waals surface area contributed by atoms with E-state index >= 15 is 0 Å². The van der Waals surface area contributed by atoms with Gasteiger partial charge in [0.1, 0.15) is 38.3 Å². The molecule has 0 radical (unpaired) electrons. The highest BCUT2D eigenvalue weighted by atomic mass is 35.5. The Morgan fingerprint density at radius 1 is 0.732 bits per heavy atom. The van der Waals surface area contributed by atoms with Crippen molar-refractivity contribution in [1.29, 1.82) is 0 Å². The molecule has 0 aliphatic carbocycles. The van der Waals surface area contributed by atoms with Gasteiger partial charge in [0.15, 0.2) is 0 Å². The predicted octanol–water partition coefficient (Wildman–Crippen LogP) is 6.64. The van der Waals surface area contributed by atoms with Gasteiger partial charge in [-0.05, 0) is 54.4 Å². The molecule has 0 aromatic carbocycles. The van der Waals surface area contributed by atoms with Gasteiger partial charge in [-0.2, -0.15) is 4.98 Å². The third-order valence-corrected chi connectivity index (χ3v) is 4.80. The molecule has 0 fully saturated rings. The summed E-state index contributed by atoms with van der Waals surface area (Å²) in [7, 11) is 0. The molecule has 0 unspecified atom stereocenters. The van der Waals surface area contributed by atoms with Crippen molar-refractivity contribution in [3.63, 3.8) is 0 Å². The normalized spacial score (nSPS) is 10.9. The van der Waals surface area contributed by atoms with Crippen LogP contribution in [0.1, 0.15) is 92.7 Å². The molecule has 0 aliphatic heterocycles. The van der Waals surface area contributed by atoms with E-state index in [2.05, 4.69) is 19.9 Å². The van der Waals surface area contributed by atoms with Crippen molar-refractivity contribution in [3.05, 3.63) is 39.2 Å². The summed E-state index contributed by atoms with van der Waals surface area (Å²) in [5, 5.41) is 9.57. The summed E-state index contributed by atoms with van der Waals surface area (Å²) in [6.07, 6.45) is 3.10. The van der Waals surface area contributed by atoms with Crippen molar-refractivity contribution >= 4 is 46.7 Å². The monoisotopic (exact) mass is 636 g/mol. The number of halogens is 3. The van der Waals surface area contributed by atoms with Crippen molar-refractivity contribution in [3.8, 4) is 5.88 Å². The fourth-order valence-corrected chi connectivity index (χ4v) is 3.32. The molecule has 13 heteroatoms. The van der Waals surface area contributed by atoms with Gasteiger partial charge in [-0.1, -0.05) is 48.7 Å². The molecule has 232 valence electrons. The molecule has 41 heavy (non-hydrogen) atoms. The minimum absolute atomic E-state index is 0.0409. The summed E-state index contributed by atoms with van der Waals surface area (Å²) in [6, 6.07) is 3.08. The Balaban J connectivity index is 0.000000643.